The van der Waals surface area contributed by atoms with E-state index in [4.69, 9.17) is 5.73 Å². The minimum absolute atomic E-state index is 0.217. The number of hydrogen-bond acceptors (Lipinski definition) is 3. The smallest absolute Gasteiger partial charge is 0.0951 e. The first-order valence-electron chi connectivity index (χ1n) is 4.88. The van der Waals surface area contributed by atoms with Gasteiger partial charge in [0.2, 0.25) is 0 Å². The van der Waals surface area contributed by atoms with Crippen LogP contribution in [0.3, 0.4) is 0 Å². The molecule has 4 heteroatoms. The monoisotopic (exact) mass is 221 g/mol. The Balaban J connectivity index is 2.31. The molecule has 0 aliphatic heterocycles. The number of hydrogen-bond donors (Lipinski definition) is 1. The van der Waals surface area contributed by atoms with Crippen LogP contribution in [0, 0.1) is 0 Å². The van der Waals surface area contributed by atoms with Gasteiger partial charge >= 0.3 is 0 Å². The molecular formula is C11H15N3S. The standard InChI is InChI=1S/C11H15N3S/c1-11(2,12)7-14-8-13-5-10(14)9-3-4-15-6-9/h3-6,8H,7,12H2,1-2H3. The van der Waals surface area contributed by atoms with Gasteiger partial charge in [0, 0.05) is 23.0 Å². The van der Waals surface area contributed by atoms with Crippen molar-refractivity contribution < 1.29 is 0 Å². The van der Waals surface area contributed by atoms with Gasteiger partial charge in [0.25, 0.3) is 0 Å². The van der Waals surface area contributed by atoms with E-state index in [1.807, 2.05) is 26.4 Å². The van der Waals surface area contributed by atoms with E-state index in [9.17, 15) is 0 Å². The van der Waals surface area contributed by atoms with Crippen molar-refractivity contribution in [1.29, 1.82) is 0 Å². The van der Waals surface area contributed by atoms with Crippen molar-refractivity contribution in [2.24, 2.45) is 5.73 Å². The summed E-state index contributed by atoms with van der Waals surface area (Å²) in [6, 6.07) is 2.10. The Bertz CT molecular complexity index is 423. The maximum atomic E-state index is 6.00. The Morgan fingerprint density at radius 2 is 2.33 bits per heavy atom. The number of nitrogens with two attached hydrogens (primary N) is 1. The zero-order valence-corrected chi connectivity index (χ0v) is 9.79. The van der Waals surface area contributed by atoms with Crippen LogP contribution in [-0.2, 0) is 6.54 Å². The van der Waals surface area contributed by atoms with Crippen LogP contribution in [0.2, 0.25) is 0 Å². The molecule has 15 heavy (non-hydrogen) atoms. The van der Waals surface area contributed by atoms with Gasteiger partial charge in [-0.3, -0.25) is 0 Å². The minimum atomic E-state index is -0.217. The lowest BCUT2D eigenvalue weighted by Crippen LogP contribution is -2.37. The molecule has 0 amide bonds. The van der Waals surface area contributed by atoms with Crippen molar-refractivity contribution in [2.45, 2.75) is 25.9 Å². The average molecular weight is 221 g/mol. The van der Waals surface area contributed by atoms with E-state index in [1.54, 1.807) is 11.3 Å². The normalized spacial score (nSPS) is 11.9. The second kappa shape index (κ2) is 3.79. The number of nitrogens with zero attached hydrogens (tertiary/aromatic N) is 2. The molecule has 0 saturated carbocycles. The van der Waals surface area contributed by atoms with E-state index in [0.29, 0.717) is 0 Å². The van der Waals surface area contributed by atoms with E-state index in [0.717, 1.165) is 12.2 Å². The Labute approximate surface area is 93.6 Å². The molecule has 0 aromatic carbocycles. The maximum absolute atomic E-state index is 6.00. The Kier molecular flexibility index (Phi) is 2.63. The van der Waals surface area contributed by atoms with Crippen molar-refractivity contribution in [2.75, 3.05) is 0 Å². The first kappa shape index (κ1) is 10.4. The zero-order chi connectivity index (χ0) is 10.9. The molecule has 0 aliphatic rings. The second-order valence-corrected chi connectivity index (χ2v) is 5.19. The SMILES string of the molecule is CC(C)(N)Cn1cncc1-c1ccsc1. The number of aromatic nitrogens is 2. The Morgan fingerprint density at radius 3 is 2.93 bits per heavy atom. The summed E-state index contributed by atoms with van der Waals surface area (Å²) in [5.74, 6) is 0. The van der Waals surface area contributed by atoms with E-state index < -0.39 is 0 Å². The van der Waals surface area contributed by atoms with Crippen LogP contribution in [0.1, 0.15) is 13.8 Å². The molecule has 0 unspecified atom stereocenters. The molecule has 2 rings (SSSR count). The third kappa shape index (κ3) is 2.46. The lowest BCUT2D eigenvalue weighted by atomic mass is 10.1. The van der Waals surface area contributed by atoms with Crippen LogP contribution in [0.15, 0.2) is 29.4 Å². The minimum Gasteiger partial charge on any atom is -0.329 e. The average Bonchev–Trinajstić information content (AvgIpc) is 2.68. The highest BCUT2D eigenvalue weighted by Gasteiger charge is 2.14. The van der Waals surface area contributed by atoms with Gasteiger partial charge in [-0.25, -0.2) is 4.98 Å². The van der Waals surface area contributed by atoms with Gasteiger partial charge in [-0.1, -0.05) is 0 Å². The predicted octanol–water partition coefficient (Wildman–Crippen LogP) is 2.35. The van der Waals surface area contributed by atoms with Gasteiger partial charge in [-0.05, 0) is 25.3 Å². The van der Waals surface area contributed by atoms with Crippen LogP contribution in [-0.4, -0.2) is 15.1 Å². The summed E-state index contributed by atoms with van der Waals surface area (Å²) >= 11 is 1.69. The molecule has 0 spiro atoms. The summed E-state index contributed by atoms with van der Waals surface area (Å²) in [6.07, 6.45) is 3.72. The fourth-order valence-corrected chi connectivity index (χ4v) is 2.19. The van der Waals surface area contributed by atoms with E-state index in [-0.39, 0.29) is 5.54 Å². The van der Waals surface area contributed by atoms with Crippen LogP contribution < -0.4 is 5.73 Å². The highest BCUT2D eigenvalue weighted by atomic mass is 32.1. The summed E-state index contributed by atoms with van der Waals surface area (Å²) in [5.41, 5.74) is 8.13. The third-order valence-electron chi connectivity index (χ3n) is 2.11. The van der Waals surface area contributed by atoms with Gasteiger partial charge in [0.15, 0.2) is 0 Å². The van der Waals surface area contributed by atoms with Gasteiger partial charge in [0.05, 0.1) is 18.2 Å². The highest BCUT2D eigenvalue weighted by Crippen LogP contribution is 2.22. The molecular weight excluding hydrogens is 206 g/mol. The fraction of sp³-hybridized carbons (Fsp3) is 0.364. The van der Waals surface area contributed by atoms with Gasteiger partial charge in [0.1, 0.15) is 0 Å². The molecule has 80 valence electrons. The van der Waals surface area contributed by atoms with Gasteiger partial charge in [-0.15, -0.1) is 0 Å². The molecule has 0 bridgehead atoms. The van der Waals surface area contributed by atoms with Gasteiger partial charge < -0.3 is 10.3 Å². The van der Waals surface area contributed by atoms with Gasteiger partial charge in [-0.2, -0.15) is 11.3 Å². The Morgan fingerprint density at radius 1 is 1.53 bits per heavy atom. The van der Waals surface area contributed by atoms with Crippen molar-refractivity contribution >= 4 is 11.3 Å². The summed E-state index contributed by atoms with van der Waals surface area (Å²) in [6.45, 7) is 4.81. The molecule has 2 aromatic rings. The van der Waals surface area contributed by atoms with Crippen molar-refractivity contribution in [3.63, 3.8) is 0 Å². The van der Waals surface area contributed by atoms with E-state index in [1.165, 1.54) is 5.56 Å². The molecule has 0 atom stereocenters. The lowest BCUT2D eigenvalue weighted by molar-refractivity contribution is 0.436. The highest BCUT2D eigenvalue weighted by molar-refractivity contribution is 7.08. The molecule has 2 aromatic heterocycles. The largest absolute Gasteiger partial charge is 0.329 e. The van der Waals surface area contributed by atoms with Crippen LogP contribution in [0.25, 0.3) is 11.3 Å². The zero-order valence-electron chi connectivity index (χ0n) is 8.97. The third-order valence-corrected chi connectivity index (χ3v) is 2.79. The topological polar surface area (TPSA) is 43.8 Å². The summed E-state index contributed by atoms with van der Waals surface area (Å²) in [5, 5.41) is 4.19. The van der Waals surface area contributed by atoms with Crippen molar-refractivity contribution in [3.05, 3.63) is 29.4 Å². The second-order valence-electron chi connectivity index (χ2n) is 4.41. The lowest BCUT2D eigenvalue weighted by Gasteiger charge is -2.20. The first-order valence-corrected chi connectivity index (χ1v) is 5.82. The van der Waals surface area contributed by atoms with Crippen LogP contribution in [0.5, 0.6) is 0 Å². The molecule has 0 fully saturated rings. The first-order chi connectivity index (χ1) is 7.06. The summed E-state index contributed by atoms with van der Waals surface area (Å²) < 4.78 is 2.10. The number of imidazole rings is 1. The van der Waals surface area contributed by atoms with Crippen LogP contribution in [0.4, 0.5) is 0 Å². The summed E-state index contributed by atoms with van der Waals surface area (Å²) in [7, 11) is 0. The molecule has 0 saturated heterocycles. The number of rotatable bonds is 3. The van der Waals surface area contributed by atoms with E-state index >= 15 is 0 Å². The van der Waals surface area contributed by atoms with Crippen LogP contribution >= 0.6 is 11.3 Å². The number of thiophene rings is 1. The van der Waals surface area contributed by atoms with Crippen molar-refractivity contribution in [3.8, 4) is 11.3 Å². The molecule has 0 radical (unpaired) electrons. The maximum Gasteiger partial charge on any atom is 0.0951 e. The quantitative estimate of drug-likeness (QED) is 0.864. The van der Waals surface area contributed by atoms with E-state index in [2.05, 4.69) is 26.4 Å². The van der Waals surface area contributed by atoms with Crippen molar-refractivity contribution in [1.82, 2.24) is 9.55 Å². The molecule has 0 aliphatic carbocycles. The summed E-state index contributed by atoms with van der Waals surface area (Å²) in [4.78, 5) is 4.17. The predicted molar refractivity (Wildman–Crippen MR) is 63.8 cm³/mol. The Hall–Kier alpha value is -1.13. The molecule has 3 nitrogen and oxygen atoms in total. The molecule has 2 heterocycles. The molecule has 2 N–H and O–H groups in total. The fourth-order valence-electron chi connectivity index (χ4n) is 1.54.